The van der Waals surface area contributed by atoms with Gasteiger partial charge in [-0.2, -0.15) is 5.10 Å². The quantitative estimate of drug-likeness (QED) is 0.275. The van der Waals surface area contributed by atoms with Crippen LogP contribution in [0.2, 0.25) is 0 Å². The largest absolute Gasteiger partial charge is 0.443 e. The SMILES string of the molecule is Cc1c(-c2cc3ccc(Br)cc3n2CC2CC2)nn2cc(C(=O)N3CC4CCC3(C(C)(C)C)[C@@H]4OC(N)=O)ccc12. The van der Waals surface area contributed by atoms with E-state index in [2.05, 4.69) is 72.5 Å². The maximum atomic E-state index is 14.2. The Balaban J connectivity index is 1.28. The smallest absolute Gasteiger partial charge is 0.404 e. The average Bonchev–Trinajstić information content (AvgIpc) is 3.33. The number of nitrogens with zero attached hydrogens (tertiary/aromatic N) is 4. The topological polar surface area (TPSA) is 94.9 Å². The lowest BCUT2D eigenvalue weighted by atomic mass is 9.70. The van der Waals surface area contributed by atoms with Crippen molar-refractivity contribution in [3.8, 4) is 11.4 Å². The fourth-order valence-electron chi connectivity index (χ4n) is 7.63. The number of primary amides is 1. The molecule has 3 aliphatic rings. The van der Waals surface area contributed by atoms with Crippen molar-refractivity contribution in [1.82, 2.24) is 19.1 Å². The zero-order chi connectivity index (χ0) is 28.8. The fraction of sp³-hybridized carbons (Fsp3) is 0.469. The van der Waals surface area contributed by atoms with Crippen LogP contribution >= 0.6 is 15.9 Å². The molecule has 3 fully saturated rings. The molecule has 7 rings (SSSR count). The van der Waals surface area contributed by atoms with Crippen LogP contribution < -0.4 is 5.73 Å². The van der Waals surface area contributed by atoms with E-state index in [0.29, 0.717) is 18.0 Å². The number of nitrogens with two attached hydrogens (primary N) is 1. The van der Waals surface area contributed by atoms with Crippen LogP contribution in [0.5, 0.6) is 0 Å². The Labute approximate surface area is 247 Å². The second kappa shape index (κ2) is 9.08. The van der Waals surface area contributed by atoms with Gasteiger partial charge in [0.1, 0.15) is 11.8 Å². The molecule has 2 aliphatic carbocycles. The van der Waals surface area contributed by atoms with E-state index >= 15 is 0 Å². The number of fused-ring (bicyclic) bond motifs is 4. The lowest BCUT2D eigenvalue weighted by Crippen LogP contribution is -2.60. The van der Waals surface area contributed by atoms with E-state index in [4.69, 9.17) is 15.6 Å². The molecule has 1 aromatic carbocycles. The second-order valence-corrected chi connectivity index (χ2v) is 14.2. The van der Waals surface area contributed by atoms with Crippen LogP contribution in [0.1, 0.15) is 62.4 Å². The number of ether oxygens (including phenoxy) is 1. The summed E-state index contributed by atoms with van der Waals surface area (Å²) in [6, 6.07) is 12.6. The molecule has 2 saturated carbocycles. The number of amides is 2. The van der Waals surface area contributed by atoms with Gasteiger partial charge in [-0.15, -0.1) is 0 Å². The number of aryl methyl sites for hydroxylation is 1. The summed E-state index contributed by atoms with van der Waals surface area (Å²) in [4.78, 5) is 27.9. The molecule has 8 nitrogen and oxygen atoms in total. The van der Waals surface area contributed by atoms with Gasteiger partial charge in [-0.25, -0.2) is 9.31 Å². The monoisotopic (exact) mass is 617 g/mol. The van der Waals surface area contributed by atoms with Crippen LogP contribution in [-0.4, -0.2) is 49.3 Å². The molecule has 0 spiro atoms. The maximum absolute atomic E-state index is 14.2. The standard InChI is InChI=1S/C32H36BrN5O3/c1-18-24-10-8-22(29(39)37-16-21-11-12-32(37,31(2,3)4)28(21)41-30(34)40)17-38(24)35-27(18)26-13-20-7-9-23(33)14-25(20)36(26)15-19-5-6-19/h7-10,13-14,17,19,21,28H,5-6,11-12,15-16H2,1-4H3,(H2,34,40)/t21?,28-,32?/m1/s1. The van der Waals surface area contributed by atoms with Crippen molar-refractivity contribution >= 4 is 44.3 Å². The van der Waals surface area contributed by atoms with Gasteiger partial charge < -0.3 is 19.9 Å². The highest BCUT2D eigenvalue weighted by Gasteiger charge is 2.66. The van der Waals surface area contributed by atoms with E-state index in [1.54, 1.807) is 0 Å². The fourth-order valence-corrected chi connectivity index (χ4v) is 7.98. The van der Waals surface area contributed by atoms with Crippen molar-refractivity contribution in [2.24, 2.45) is 23.0 Å². The minimum absolute atomic E-state index is 0.0653. The Hall–Kier alpha value is -3.33. The van der Waals surface area contributed by atoms with E-state index in [9.17, 15) is 9.59 Å². The zero-order valence-electron chi connectivity index (χ0n) is 24.0. The van der Waals surface area contributed by atoms with Gasteiger partial charge in [0, 0.05) is 46.1 Å². The summed E-state index contributed by atoms with van der Waals surface area (Å²) in [5.74, 6) is 0.726. The number of rotatable bonds is 5. The van der Waals surface area contributed by atoms with E-state index in [1.165, 1.54) is 23.7 Å². The molecule has 0 radical (unpaired) electrons. The summed E-state index contributed by atoms with van der Waals surface area (Å²) < 4.78 is 11.0. The van der Waals surface area contributed by atoms with Crippen LogP contribution in [0.15, 0.2) is 47.1 Å². The molecule has 1 aliphatic heterocycles. The molecule has 2 unspecified atom stereocenters. The van der Waals surface area contributed by atoms with Crippen molar-refractivity contribution in [3.05, 3.63) is 58.2 Å². The highest BCUT2D eigenvalue weighted by atomic mass is 79.9. The average molecular weight is 619 g/mol. The lowest BCUT2D eigenvalue weighted by molar-refractivity contribution is -0.0359. The van der Waals surface area contributed by atoms with Gasteiger partial charge in [-0.1, -0.05) is 42.8 Å². The van der Waals surface area contributed by atoms with E-state index < -0.39 is 17.7 Å². The number of hydrogen-bond acceptors (Lipinski definition) is 4. The first-order valence-electron chi connectivity index (χ1n) is 14.5. The number of benzene rings is 1. The highest BCUT2D eigenvalue weighted by molar-refractivity contribution is 9.10. The van der Waals surface area contributed by atoms with Gasteiger partial charge in [0.2, 0.25) is 0 Å². The van der Waals surface area contributed by atoms with Gasteiger partial charge >= 0.3 is 6.09 Å². The van der Waals surface area contributed by atoms with Crippen LogP contribution in [0, 0.1) is 24.2 Å². The van der Waals surface area contributed by atoms with Crippen LogP contribution in [0.25, 0.3) is 27.8 Å². The molecule has 2 N–H and O–H groups in total. The summed E-state index contributed by atoms with van der Waals surface area (Å²) in [5, 5.41) is 6.25. The van der Waals surface area contributed by atoms with Crippen LogP contribution in [0.4, 0.5) is 4.79 Å². The maximum Gasteiger partial charge on any atom is 0.404 e. The molecule has 4 aromatic rings. The summed E-state index contributed by atoms with van der Waals surface area (Å²) >= 11 is 3.65. The molecule has 9 heteroatoms. The number of carbonyl (C=O) groups is 2. The summed E-state index contributed by atoms with van der Waals surface area (Å²) in [6.07, 6.45) is 4.88. The predicted octanol–water partition coefficient (Wildman–Crippen LogP) is 6.55. The molecular weight excluding hydrogens is 582 g/mol. The molecule has 41 heavy (non-hydrogen) atoms. The third kappa shape index (κ3) is 4.02. The molecule has 2 bridgehead atoms. The number of piperidine rings is 1. The summed E-state index contributed by atoms with van der Waals surface area (Å²) in [6.45, 7) is 9.98. The van der Waals surface area contributed by atoms with E-state index in [0.717, 1.165) is 46.3 Å². The Bertz CT molecular complexity index is 1730. The van der Waals surface area contributed by atoms with Crippen LogP contribution in [0.3, 0.4) is 0 Å². The number of pyridine rings is 1. The third-order valence-corrected chi connectivity index (χ3v) is 10.3. The minimum Gasteiger partial charge on any atom is -0.443 e. The number of likely N-dealkylation sites (tertiary alicyclic amines) is 1. The minimum atomic E-state index is -0.780. The number of carbonyl (C=O) groups excluding carboxylic acids is 2. The van der Waals surface area contributed by atoms with Gasteiger partial charge in [0.25, 0.3) is 5.91 Å². The van der Waals surface area contributed by atoms with Gasteiger partial charge in [0.05, 0.1) is 22.3 Å². The van der Waals surface area contributed by atoms with E-state index in [1.807, 2.05) is 27.7 Å². The predicted molar refractivity (Wildman–Crippen MR) is 162 cm³/mol. The van der Waals surface area contributed by atoms with Crippen molar-refractivity contribution in [2.75, 3.05) is 6.54 Å². The second-order valence-electron chi connectivity index (χ2n) is 13.3. The zero-order valence-corrected chi connectivity index (χ0v) is 25.6. The van der Waals surface area contributed by atoms with Crippen molar-refractivity contribution < 1.29 is 14.3 Å². The third-order valence-electron chi connectivity index (χ3n) is 9.85. The van der Waals surface area contributed by atoms with Crippen molar-refractivity contribution in [2.45, 2.75) is 71.6 Å². The highest BCUT2D eigenvalue weighted by Crippen LogP contribution is 2.57. The molecule has 4 heterocycles. The number of halogens is 1. The summed E-state index contributed by atoms with van der Waals surface area (Å²) in [5.41, 5.74) is 10.4. The van der Waals surface area contributed by atoms with Gasteiger partial charge in [-0.3, -0.25) is 4.79 Å². The molecule has 3 atom stereocenters. The Kier molecular flexibility index (Phi) is 5.88. The molecule has 3 aromatic heterocycles. The first kappa shape index (κ1) is 26.6. The molecule has 1 saturated heterocycles. The first-order valence-corrected chi connectivity index (χ1v) is 15.3. The van der Waals surface area contributed by atoms with Gasteiger partial charge in [-0.05, 0) is 74.3 Å². The van der Waals surface area contributed by atoms with E-state index in [-0.39, 0.29) is 17.2 Å². The molecule has 214 valence electrons. The van der Waals surface area contributed by atoms with Crippen molar-refractivity contribution in [3.63, 3.8) is 0 Å². The molecular formula is C32H36BrN5O3. The number of aromatic nitrogens is 3. The van der Waals surface area contributed by atoms with Gasteiger partial charge in [0.15, 0.2) is 0 Å². The van der Waals surface area contributed by atoms with Crippen LogP contribution in [-0.2, 0) is 11.3 Å². The first-order chi connectivity index (χ1) is 19.5. The Morgan fingerprint density at radius 1 is 1.12 bits per heavy atom. The Morgan fingerprint density at radius 3 is 2.61 bits per heavy atom. The number of hydrogen-bond donors (Lipinski definition) is 1. The lowest BCUT2D eigenvalue weighted by Gasteiger charge is -2.49. The normalized spacial score (nSPS) is 24.1. The summed E-state index contributed by atoms with van der Waals surface area (Å²) in [7, 11) is 0. The Morgan fingerprint density at radius 2 is 1.90 bits per heavy atom. The van der Waals surface area contributed by atoms with Crippen molar-refractivity contribution in [1.29, 1.82) is 0 Å². The molecule has 2 amide bonds.